The lowest BCUT2D eigenvalue weighted by atomic mass is 10.2. The number of nitrogens with zero attached hydrogens (tertiary/aromatic N) is 2. The summed E-state index contributed by atoms with van der Waals surface area (Å²) in [6, 6.07) is 0. The maximum absolute atomic E-state index is 13.6. The van der Waals surface area contributed by atoms with Crippen LogP contribution in [0.25, 0.3) is 0 Å². The normalized spacial score (nSPS) is 10.1. The summed E-state index contributed by atoms with van der Waals surface area (Å²) in [5, 5.41) is 7.29. The Morgan fingerprint density at radius 3 is 2.53 bits per heavy atom. The smallest absolute Gasteiger partial charge is 0.216 e. The molecule has 0 bridgehead atoms. The van der Waals surface area contributed by atoms with Gasteiger partial charge in [-0.05, 0) is 26.8 Å². The average molecular weight is 236 g/mol. The van der Waals surface area contributed by atoms with Gasteiger partial charge >= 0.3 is 0 Å². The van der Waals surface area contributed by atoms with Crippen LogP contribution in [0.15, 0.2) is 0 Å². The molecule has 15 heavy (non-hydrogen) atoms. The van der Waals surface area contributed by atoms with Crippen LogP contribution in [0.4, 0.5) is 4.39 Å². The van der Waals surface area contributed by atoms with Gasteiger partial charge in [-0.15, -0.1) is 12.4 Å². The van der Waals surface area contributed by atoms with Gasteiger partial charge in [-0.3, -0.25) is 0 Å². The van der Waals surface area contributed by atoms with E-state index in [0.717, 1.165) is 18.7 Å². The topological polar surface area (TPSA) is 29.9 Å². The summed E-state index contributed by atoms with van der Waals surface area (Å²) in [6.45, 7) is 7.89. The van der Waals surface area contributed by atoms with E-state index >= 15 is 0 Å². The lowest BCUT2D eigenvalue weighted by molar-refractivity contribution is 0.460. The summed E-state index contributed by atoms with van der Waals surface area (Å²) >= 11 is 0. The number of hydrogen-bond acceptors (Lipinski definition) is 2. The second-order valence-corrected chi connectivity index (χ2v) is 3.35. The number of aromatic nitrogens is 2. The highest BCUT2D eigenvalue weighted by Gasteiger charge is 2.12. The van der Waals surface area contributed by atoms with E-state index in [2.05, 4.69) is 17.3 Å². The molecule has 0 radical (unpaired) electrons. The van der Waals surface area contributed by atoms with E-state index < -0.39 is 0 Å². The quantitative estimate of drug-likeness (QED) is 0.794. The number of aryl methyl sites for hydroxylation is 2. The fourth-order valence-corrected chi connectivity index (χ4v) is 1.39. The van der Waals surface area contributed by atoms with Crippen molar-refractivity contribution < 1.29 is 4.39 Å². The molecule has 0 aromatic carbocycles. The largest absolute Gasteiger partial charge is 0.312 e. The Bertz CT molecular complexity index is 299. The van der Waals surface area contributed by atoms with Crippen molar-refractivity contribution in [2.45, 2.75) is 40.3 Å². The first-order valence-corrected chi connectivity index (χ1v) is 5.13. The van der Waals surface area contributed by atoms with Gasteiger partial charge in [0.1, 0.15) is 0 Å². The van der Waals surface area contributed by atoms with Crippen molar-refractivity contribution in [2.24, 2.45) is 0 Å². The van der Waals surface area contributed by atoms with Gasteiger partial charge in [0.15, 0.2) is 0 Å². The van der Waals surface area contributed by atoms with E-state index in [1.54, 1.807) is 0 Å². The Kier molecular flexibility index (Phi) is 6.52. The minimum absolute atomic E-state index is 0. The molecule has 1 aromatic rings. The molecule has 1 rings (SSSR count). The second kappa shape index (κ2) is 6.80. The van der Waals surface area contributed by atoms with Crippen molar-refractivity contribution >= 4 is 12.4 Å². The van der Waals surface area contributed by atoms with Gasteiger partial charge in [0.05, 0.1) is 5.69 Å². The van der Waals surface area contributed by atoms with Crippen molar-refractivity contribution in [1.82, 2.24) is 15.1 Å². The van der Waals surface area contributed by atoms with Crippen molar-refractivity contribution in [2.75, 3.05) is 6.54 Å². The Labute approximate surface area is 96.5 Å². The zero-order chi connectivity index (χ0) is 10.6. The Morgan fingerprint density at radius 2 is 2.07 bits per heavy atom. The minimum atomic E-state index is -0.200. The van der Waals surface area contributed by atoms with E-state index in [-0.39, 0.29) is 18.4 Å². The first-order chi connectivity index (χ1) is 6.70. The fraction of sp³-hybridized carbons (Fsp3) is 0.700. The molecule has 0 aliphatic carbocycles. The summed E-state index contributed by atoms with van der Waals surface area (Å²) in [4.78, 5) is 0. The lowest BCUT2D eigenvalue weighted by Crippen LogP contribution is -2.15. The lowest BCUT2D eigenvalue weighted by Gasteiger charge is -2.01. The predicted molar refractivity (Wildman–Crippen MR) is 61.8 cm³/mol. The molecule has 0 saturated heterocycles. The van der Waals surface area contributed by atoms with Crippen LogP contribution in [0.3, 0.4) is 0 Å². The first-order valence-electron chi connectivity index (χ1n) is 5.13. The van der Waals surface area contributed by atoms with Crippen LogP contribution in [0, 0.1) is 12.9 Å². The number of rotatable bonds is 5. The number of nitrogens with one attached hydrogen (secondary N) is 1. The highest BCUT2D eigenvalue weighted by atomic mass is 35.5. The summed E-state index contributed by atoms with van der Waals surface area (Å²) in [5.74, 6) is -0.200. The molecule has 88 valence electrons. The summed E-state index contributed by atoms with van der Waals surface area (Å²) < 4.78 is 15.0. The van der Waals surface area contributed by atoms with E-state index in [4.69, 9.17) is 0 Å². The molecule has 1 aromatic heterocycles. The van der Waals surface area contributed by atoms with Gasteiger partial charge in [0.2, 0.25) is 5.95 Å². The molecule has 0 amide bonds. The molecule has 0 spiro atoms. The van der Waals surface area contributed by atoms with Gasteiger partial charge in [-0.1, -0.05) is 6.92 Å². The molecular formula is C10H19ClFN3. The summed E-state index contributed by atoms with van der Waals surface area (Å²) in [7, 11) is 0. The van der Waals surface area contributed by atoms with Crippen molar-refractivity contribution in [3.05, 3.63) is 17.2 Å². The van der Waals surface area contributed by atoms with Gasteiger partial charge in [-0.2, -0.15) is 9.49 Å². The number of hydrogen-bond donors (Lipinski definition) is 1. The standard InChI is InChI=1S/C10H18FN3.ClH/c1-4-6-12-7-9-8(3)13-14(5-2)10(9)11;/h12H,4-7H2,1-3H3;1H. The molecule has 1 heterocycles. The third kappa shape index (κ3) is 3.47. The fourth-order valence-electron chi connectivity index (χ4n) is 1.39. The molecule has 0 atom stereocenters. The Morgan fingerprint density at radius 1 is 1.40 bits per heavy atom. The van der Waals surface area contributed by atoms with Crippen LogP contribution in [-0.2, 0) is 13.1 Å². The van der Waals surface area contributed by atoms with E-state index in [9.17, 15) is 4.39 Å². The SMILES string of the molecule is CCCNCc1c(C)nn(CC)c1F.Cl. The molecule has 0 fully saturated rings. The summed E-state index contributed by atoms with van der Waals surface area (Å²) in [5.41, 5.74) is 1.48. The number of halogens is 2. The minimum Gasteiger partial charge on any atom is -0.312 e. The molecule has 3 nitrogen and oxygen atoms in total. The van der Waals surface area contributed by atoms with E-state index in [1.165, 1.54) is 4.68 Å². The highest BCUT2D eigenvalue weighted by Crippen LogP contribution is 2.11. The van der Waals surface area contributed by atoms with Gasteiger partial charge in [-0.25, -0.2) is 4.68 Å². The molecule has 0 unspecified atom stereocenters. The maximum Gasteiger partial charge on any atom is 0.216 e. The van der Waals surface area contributed by atoms with Gasteiger partial charge in [0.25, 0.3) is 0 Å². The van der Waals surface area contributed by atoms with Crippen LogP contribution in [0.5, 0.6) is 0 Å². The highest BCUT2D eigenvalue weighted by molar-refractivity contribution is 5.85. The molecule has 1 N–H and O–H groups in total. The van der Waals surface area contributed by atoms with Gasteiger partial charge < -0.3 is 5.32 Å². The van der Waals surface area contributed by atoms with Crippen molar-refractivity contribution in [1.29, 1.82) is 0 Å². The first kappa shape index (κ1) is 14.4. The summed E-state index contributed by atoms with van der Waals surface area (Å²) in [6.07, 6.45) is 1.06. The zero-order valence-corrected chi connectivity index (χ0v) is 10.3. The third-order valence-corrected chi connectivity index (χ3v) is 2.21. The van der Waals surface area contributed by atoms with E-state index in [0.29, 0.717) is 18.7 Å². The molecule has 5 heteroatoms. The van der Waals surface area contributed by atoms with Crippen LogP contribution in [-0.4, -0.2) is 16.3 Å². The van der Waals surface area contributed by atoms with Crippen molar-refractivity contribution in [3.8, 4) is 0 Å². The van der Waals surface area contributed by atoms with Gasteiger partial charge in [0, 0.05) is 18.7 Å². The molecule has 0 aliphatic heterocycles. The van der Waals surface area contributed by atoms with Crippen molar-refractivity contribution in [3.63, 3.8) is 0 Å². The molecule has 0 aliphatic rings. The Hall–Kier alpha value is -0.610. The maximum atomic E-state index is 13.6. The molecule has 0 saturated carbocycles. The van der Waals surface area contributed by atoms with Crippen LogP contribution in [0.1, 0.15) is 31.5 Å². The average Bonchev–Trinajstić information content (AvgIpc) is 2.45. The van der Waals surface area contributed by atoms with E-state index in [1.807, 2.05) is 13.8 Å². The monoisotopic (exact) mass is 235 g/mol. The third-order valence-electron chi connectivity index (χ3n) is 2.21. The van der Waals surface area contributed by atoms with Crippen LogP contribution >= 0.6 is 12.4 Å². The Balaban J connectivity index is 0.00000196. The van der Waals surface area contributed by atoms with Crippen LogP contribution < -0.4 is 5.32 Å². The molecular weight excluding hydrogens is 217 g/mol. The van der Waals surface area contributed by atoms with Crippen LogP contribution in [0.2, 0.25) is 0 Å². The predicted octanol–water partition coefficient (Wildman–Crippen LogP) is 2.27. The second-order valence-electron chi connectivity index (χ2n) is 3.35. The zero-order valence-electron chi connectivity index (χ0n) is 9.51.